The van der Waals surface area contributed by atoms with Crippen LogP contribution in [0.15, 0.2) is 34.2 Å². The van der Waals surface area contributed by atoms with Crippen LogP contribution in [0.4, 0.5) is 0 Å². The van der Waals surface area contributed by atoms with Crippen LogP contribution in [-0.4, -0.2) is 27.3 Å². The van der Waals surface area contributed by atoms with E-state index in [0.29, 0.717) is 21.7 Å². The summed E-state index contributed by atoms with van der Waals surface area (Å²) in [6.45, 7) is 2.23. The average molecular weight is 466 g/mol. The Bertz CT molecular complexity index is 1080. The van der Waals surface area contributed by atoms with Gasteiger partial charge in [-0.25, -0.2) is 4.98 Å². The zero-order chi connectivity index (χ0) is 22.6. The summed E-state index contributed by atoms with van der Waals surface area (Å²) in [6.07, 6.45) is 12.5. The van der Waals surface area contributed by atoms with Crippen LogP contribution in [0.5, 0.6) is 0 Å². The summed E-state index contributed by atoms with van der Waals surface area (Å²) < 4.78 is 1.88. The van der Waals surface area contributed by atoms with Crippen molar-refractivity contribution in [2.24, 2.45) is 23.2 Å². The number of hydrogen-bond acceptors (Lipinski definition) is 4. The summed E-state index contributed by atoms with van der Waals surface area (Å²) >= 11 is 1.43. The van der Waals surface area contributed by atoms with Gasteiger partial charge in [0.1, 0.15) is 0 Å². The summed E-state index contributed by atoms with van der Waals surface area (Å²) in [7, 11) is 0. The molecule has 1 aromatic carbocycles. The van der Waals surface area contributed by atoms with Crippen LogP contribution in [0.3, 0.4) is 0 Å². The second kappa shape index (κ2) is 8.44. The zero-order valence-electron chi connectivity index (χ0n) is 19.6. The molecule has 5 fully saturated rings. The van der Waals surface area contributed by atoms with E-state index in [-0.39, 0.29) is 23.6 Å². The number of nitrogens with zero attached hydrogens (tertiary/aromatic N) is 2. The van der Waals surface area contributed by atoms with Crippen LogP contribution in [0.2, 0.25) is 0 Å². The second-order valence-electron chi connectivity index (χ2n) is 11.4. The van der Waals surface area contributed by atoms with Crippen molar-refractivity contribution in [1.29, 1.82) is 0 Å². The summed E-state index contributed by atoms with van der Waals surface area (Å²) in [5, 5.41) is 4.75. The van der Waals surface area contributed by atoms with Gasteiger partial charge < -0.3 is 5.32 Å². The Labute approximate surface area is 200 Å². The smallest absolute Gasteiger partial charge is 0.262 e. The summed E-state index contributed by atoms with van der Waals surface area (Å²) in [5.41, 5.74) is 1.07. The lowest BCUT2D eigenvalue weighted by atomic mass is 9.48. The molecule has 1 heterocycles. The lowest BCUT2D eigenvalue weighted by Gasteiger charge is -2.59. The number of benzene rings is 1. The Kier molecular flexibility index (Phi) is 5.55. The van der Waals surface area contributed by atoms with E-state index in [1.165, 1.54) is 50.3 Å². The molecule has 1 atom stereocenters. The van der Waals surface area contributed by atoms with E-state index in [1.54, 1.807) is 0 Å². The lowest BCUT2D eigenvalue weighted by Crippen LogP contribution is -2.56. The van der Waals surface area contributed by atoms with Crippen LogP contribution in [-0.2, 0) is 4.79 Å². The minimum absolute atomic E-state index is 0.0392. The van der Waals surface area contributed by atoms with Gasteiger partial charge >= 0.3 is 0 Å². The Morgan fingerprint density at radius 3 is 2.42 bits per heavy atom. The Morgan fingerprint density at radius 1 is 1.12 bits per heavy atom. The number of carbonyl (C=O) groups excluding carboxylic acids is 1. The highest BCUT2D eigenvalue weighted by Gasteiger charge is 2.53. The molecule has 7 rings (SSSR count). The third kappa shape index (κ3) is 3.92. The first-order valence-corrected chi connectivity index (χ1v) is 13.9. The topological polar surface area (TPSA) is 64.0 Å². The molecule has 5 aliphatic rings. The number of carbonyl (C=O) groups is 1. The van der Waals surface area contributed by atoms with E-state index in [1.807, 2.05) is 28.8 Å². The van der Waals surface area contributed by atoms with Gasteiger partial charge in [0.15, 0.2) is 5.16 Å². The molecule has 176 valence electrons. The van der Waals surface area contributed by atoms with Crippen LogP contribution in [0.1, 0.15) is 77.2 Å². The molecule has 5 nitrogen and oxygen atoms in total. The number of para-hydroxylation sites is 1. The summed E-state index contributed by atoms with van der Waals surface area (Å²) in [5.74, 6) is 3.03. The minimum Gasteiger partial charge on any atom is -0.352 e. The van der Waals surface area contributed by atoms with Crippen molar-refractivity contribution in [2.45, 2.75) is 88.4 Å². The van der Waals surface area contributed by atoms with E-state index in [9.17, 15) is 9.59 Å². The summed E-state index contributed by atoms with van der Waals surface area (Å²) in [4.78, 5) is 31.2. The highest BCUT2D eigenvalue weighted by Crippen LogP contribution is 2.61. The first-order valence-electron chi connectivity index (χ1n) is 12.9. The molecule has 0 saturated heterocycles. The van der Waals surface area contributed by atoms with E-state index >= 15 is 0 Å². The van der Waals surface area contributed by atoms with Crippen LogP contribution < -0.4 is 10.9 Å². The fourth-order valence-electron chi connectivity index (χ4n) is 7.99. The third-order valence-electron chi connectivity index (χ3n) is 9.18. The molecular weight excluding hydrogens is 430 g/mol. The molecule has 6 heteroatoms. The quantitative estimate of drug-likeness (QED) is 0.463. The Morgan fingerprint density at radius 2 is 1.76 bits per heavy atom. The van der Waals surface area contributed by atoms with Crippen molar-refractivity contribution in [3.63, 3.8) is 0 Å². The largest absolute Gasteiger partial charge is 0.352 e. The molecule has 0 radical (unpaired) electrons. The Hall–Kier alpha value is -1.82. The van der Waals surface area contributed by atoms with Crippen molar-refractivity contribution >= 4 is 28.6 Å². The van der Waals surface area contributed by atoms with E-state index < -0.39 is 0 Å². The number of hydrogen-bond donors (Lipinski definition) is 1. The molecule has 5 aliphatic carbocycles. The number of amides is 1. The van der Waals surface area contributed by atoms with E-state index in [0.717, 1.165) is 49.0 Å². The zero-order valence-corrected chi connectivity index (χ0v) is 20.4. The molecule has 33 heavy (non-hydrogen) atoms. The van der Waals surface area contributed by atoms with Gasteiger partial charge in [-0.2, -0.15) is 0 Å². The van der Waals surface area contributed by atoms with Crippen molar-refractivity contribution < 1.29 is 4.79 Å². The van der Waals surface area contributed by atoms with Crippen LogP contribution in [0, 0.1) is 23.2 Å². The fourth-order valence-corrected chi connectivity index (χ4v) is 8.86. The molecule has 1 unspecified atom stereocenters. The monoisotopic (exact) mass is 465 g/mol. The van der Waals surface area contributed by atoms with Crippen molar-refractivity contribution in [2.75, 3.05) is 5.75 Å². The SMILES string of the molecule is CC(NC(=O)CSc1nc2ccccc2c(=O)n1C1CCCC1)C12CC3CC(CC(C3)C1)C2. The number of thioether (sulfide) groups is 1. The molecule has 1 N–H and O–H groups in total. The Balaban J connectivity index is 1.18. The van der Waals surface area contributed by atoms with E-state index in [4.69, 9.17) is 4.98 Å². The van der Waals surface area contributed by atoms with Gasteiger partial charge in [0, 0.05) is 12.1 Å². The van der Waals surface area contributed by atoms with Gasteiger partial charge in [-0.1, -0.05) is 36.7 Å². The number of fused-ring (bicyclic) bond motifs is 1. The first-order chi connectivity index (χ1) is 16.0. The van der Waals surface area contributed by atoms with Gasteiger partial charge in [-0.3, -0.25) is 14.2 Å². The number of aromatic nitrogens is 2. The normalized spacial score (nSPS) is 31.8. The van der Waals surface area contributed by atoms with Crippen molar-refractivity contribution in [3.05, 3.63) is 34.6 Å². The molecule has 2 aromatic rings. The maximum Gasteiger partial charge on any atom is 0.262 e. The summed E-state index contributed by atoms with van der Waals surface area (Å²) in [6, 6.07) is 8.01. The molecule has 1 aromatic heterocycles. The maximum absolute atomic E-state index is 13.3. The minimum atomic E-state index is 0.0392. The number of nitrogens with one attached hydrogen (secondary N) is 1. The average Bonchev–Trinajstić information content (AvgIpc) is 3.31. The van der Waals surface area contributed by atoms with Crippen LogP contribution in [0.25, 0.3) is 10.9 Å². The van der Waals surface area contributed by atoms with Crippen LogP contribution >= 0.6 is 11.8 Å². The molecule has 0 aliphatic heterocycles. The maximum atomic E-state index is 13.3. The van der Waals surface area contributed by atoms with Gasteiger partial charge in [0.05, 0.1) is 16.7 Å². The predicted molar refractivity (Wildman–Crippen MR) is 132 cm³/mol. The first kappa shape index (κ1) is 21.7. The molecular formula is C27H35N3O2S. The van der Waals surface area contributed by atoms with Gasteiger partial charge in [-0.05, 0) is 93.6 Å². The highest BCUT2D eigenvalue weighted by molar-refractivity contribution is 7.99. The van der Waals surface area contributed by atoms with Crippen molar-refractivity contribution in [3.8, 4) is 0 Å². The molecule has 4 bridgehead atoms. The molecule has 5 saturated carbocycles. The van der Waals surface area contributed by atoms with E-state index in [2.05, 4.69) is 12.2 Å². The highest BCUT2D eigenvalue weighted by atomic mass is 32.2. The number of rotatable bonds is 6. The lowest BCUT2D eigenvalue weighted by molar-refractivity contribution is -0.123. The van der Waals surface area contributed by atoms with Gasteiger partial charge in [-0.15, -0.1) is 0 Å². The second-order valence-corrected chi connectivity index (χ2v) is 12.3. The van der Waals surface area contributed by atoms with Gasteiger partial charge in [0.2, 0.25) is 5.91 Å². The third-order valence-corrected chi connectivity index (χ3v) is 10.1. The molecule has 1 amide bonds. The standard InChI is InChI=1S/C27H35N3O2S/c1-17(27-13-18-10-19(14-27)12-20(11-18)15-27)28-24(31)16-33-26-29-23-9-5-4-8-22(23)25(32)30(26)21-6-2-3-7-21/h4-5,8-9,17-21H,2-3,6-7,10-16H2,1H3,(H,28,31). The van der Waals surface area contributed by atoms with Gasteiger partial charge in [0.25, 0.3) is 5.56 Å². The predicted octanol–water partition coefficient (Wildman–Crippen LogP) is 5.32. The molecule has 0 spiro atoms. The van der Waals surface area contributed by atoms with Crippen molar-refractivity contribution in [1.82, 2.24) is 14.9 Å². The fraction of sp³-hybridized carbons (Fsp3) is 0.667.